The molecule has 1 N–H and O–H groups in total. The minimum absolute atomic E-state index is 0.426. The van der Waals surface area contributed by atoms with E-state index in [1.54, 1.807) is 18.0 Å². The highest BCUT2D eigenvalue weighted by atomic mass is 32.2. The van der Waals surface area contributed by atoms with Gasteiger partial charge in [-0.3, -0.25) is 9.59 Å². The molecular weight excluding hydrogens is 162 g/mol. The van der Waals surface area contributed by atoms with Crippen LogP contribution in [0.4, 0.5) is 0 Å². The van der Waals surface area contributed by atoms with E-state index in [0.29, 0.717) is 11.7 Å². The molecule has 1 radical (unpaired) electrons. The molecule has 0 aromatic rings. The molecule has 0 saturated heterocycles. The van der Waals surface area contributed by atoms with Gasteiger partial charge in [0, 0.05) is 6.92 Å². The molecule has 0 heterocycles. The van der Waals surface area contributed by atoms with Crippen LogP contribution in [0.25, 0.3) is 0 Å². The summed E-state index contributed by atoms with van der Waals surface area (Å²) in [4.78, 5) is 21.0. The summed E-state index contributed by atoms with van der Waals surface area (Å²) in [5.41, 5.74) is 0. The van der Waals surface area contributed by atoms with Gasteiger partial charge in [-0.05, 0) is 18.4 Å². The van der Waals surface area contributed by atoms with Crippen LogP contribution in [-0.2, 0) is 9.59 Å². The predicted molar refractivity (Wildman–Crippen MR) is 46.3 cm³/mol. The van der Waals surface area contributed by atoms with Gasteiger partial charge in [-0.1, -0.05) is 0 Å². The Morgan fingerprint density at radius 1 is 1.91 bits per heavy atom. The highest BCUT2D eigenvalue weighted by molar-refractivity contribution is 7.98. The first kappa shape index (κ1) is 8.59. The summed E-state index contributed by atoms with van der Waals surface area (Å²) in [5.74, 6) is 0.326. The first-order chi connectivity index (χ1) is 5.63. The number of hydrogen-bond acceptors (Lipinski definition) is 3. The van der Waals surface area contributed by atoms with Gasteiger partial charge in [0.25, 0.3) is 0 Å². The molecule has 1 atom stereocenters. The molecule has 4 heteroatoms. The van der Waals surface area contributed by atoms with Crippen LogP contribution in [0.5, 0.6) is 0 Å². The topological polar surface area (TPSA) is 46.2 Å². The molecular formula is C7H12NO2S. The monoisotopic (exact) mass is 175 g/mol. The van der Waals surface area contributed by atoms with E-state index in [0.717, 1.165) is 5.75 Å². The van der Waals surface area contributed by atoms with E-state index in [1.165, 1.54) is 6.92 Å². The molecule has 1 unspecified atom stereocenters. The van der Waals surface area contributed by atoms with E-state index >= 15 is 0 Å². The first-order valence-electron chi connectivity index (χ1n) is 3.73. The van der Waals surface area contributed by atoms with Crippen LogP contribution in [0.1, 0.15) is 13.3 Å². The normalized spacial score (nSPS) is 13.5. The zero-order valence-electron chi connectivity index (χ0n) is 7.66. The molecule has 63 valence electrons. The fourth-order valence-corrected chi connectivity index (χ4v) is 1.06. The van der Waals surface area contributed by atoms with Crippen molar-refractivity contribution in [3.05, 3.63) is 0 Å². The lowest BCUT2D eigenvalue weighted by atomic mass is 10.2. The van der Waals surface area contributed by atoms with E-state index < -0.39 is 11.9 Å². The van der Waals surface area contributed by atoms with E-state index in [4.69, 9.17) is 1.41 Å². The van der Waals surface area contributed by atoms with Crippen molar-refractivity contribution in [3.8, 4) is 0 Å². The van der Waals surface area contributed by atoms with Crippen molar-refractivity contribution >= 4 is 24.0 Å². The van der Waals surface area contributed by atoms with E-state index in [-0.39, 0.29) is 0 Å². The molecule has 0 spiro atoms. The van der Waals surface area contributed by atoms with Crippen molar-refractivity contribution in [2.45, 2.75) is 19.4 Å². The molecule has 0 aliphatic heterocycles. The van der Waals surface area contributed by atoms with Gasteiger partial charge in [0.15, 0.2) is 1.41 Å². The second-order valence-corrected chi connectivity index (χ2v) is 3.05. The zero-order valence-corrected chi connectivity index (χ0v) is 7.48. The van der Waals surface area contributed by atoms with Crippen LogP contribution in [-0.4, -0.2) is 30.2 Å². The number of amides is 1. The van der Waals surface area contributed by atoms with Crippen LogP contribution >= 0.6 is 11.8 Å². The summed E-state index contributed by atoms with van der Waals surface area (Å²) in [6.07, 6.45) is 4.07. The Morgan fingerprint density at radius 2 is 2.55 bits per heavy atom. The molecule has 0 fully saturated rings. The maximum atomic E-state index is 10.7. The Balaban J connectivity index is 3.95. The smallest absolute Gasteiger partial charge is 0.222 e. The molecule has 0 aromatic carbocycles. The molecule has 11 heavy (non-hydrogen) atoms. The number of rotatable bonds is 5. The highest BCUT2D eigenvalue weighted by Crippen LogP contribution is 1.98. The van der Waals surface area contributed by atoms with Crippen molar-refractivity contribution in [3.63, 3.8) is 0 Å². The molecule has 1 amide bonds. The average Bonchev–Trinajstić information content (AvgIpc) is 2.05. The lowest BCUT2D eigenvalue weighted by Crippen LogP contribution is -2.34. The second kappa shape index (κ2) is 6.22. The van der Waals surface area contributed by atoms with Crippen molar-refractivity contribution in [1.82, 2.24) is 5.31 Å². The second-order valence-electron chi connectivity index (χ2n) is 2.06. The fourth-order valence-electron chi connectivity index (χ4n) is 0.599. The summed E-state index contributed by atoms with van der Waals surface area (Å²) >= 11 is 1.57. The summed E-state index contributed by atoms with van der Waals surface area (Å²) in [5, 5.41) is 0.670. The first-order valence-corrected chi connectivity index (χ1v) is 4.68. The summed E-state index contributed by atoms with van der Waals surface area (Å²) < 4.78 is 7.17. The Morgan fingerprint density at radius 3 is 2.91 bits per heavy atom. The molecule has 0 rings (SSSR count). The van der Waals surface area contributed by atoms with Gasteiger partial charge in [0.2, 0.25) is 12.2 Å². The maximum absolute atomic E-state index is 10.7. The Labute approximate surface area is 72.4 Å². The van der Waals surface area contributed by atoms with Crippen LogP contribution in [0.2, 0.25) is 1.41 Å². The van der Waals surface area contributed by atoms with Crippen LogP contribution in [0, 0.1) is 0 Å². The van der Waals surface area contributed by atoms with Gasteiger partial charge >= 0.3 is 0 Å². The maximum Gasteiger partial charge on any atom is 0.222 e. The SMILES string of the molecule is [2H]N(C(C)=O)C([C]=O)CCSC. The van der Waals surface area contributed by atoms with Gasteiger partial charge in [-0.25, -0.2) is 0 Å². The van der Waals surface area contributed by atoms with Gasteiger partial charge in [0.05, 0.1) is 6.04 Å². The minimum atomic E-state index is -0.713. The van der Waals surface area contributed by atoms with Gasteiger partial charge in [0.1, 0.15) is 0 Å². The van der Waals surface area contributed by atoms with Crippen molar-refractivity contribution in [2.24, 2.45) is 0 Å². The van der Waals surface area contributed by atoms with Gasteiger partial charge in [-0.15, -0.1) is 0 Å². The lowest BCUT2D eigenvalue weighted by Gasteiger charge is -2.08. The van der Waals surface area contributed by atoms with E-state index in [1.807, 2.05) is 6.26 Å². The third-order valence-electron chi connectivity index (χ3n) is 1.07. The molecule has 0 aromatic heterocycles. The summed E-state index contributed by atoms with van der Waals surface area (Å²) in [7, 11) is 0. The quantitative estimate of drug-likeness (QED) is 0.656. The van der Waals surface area contributed by atoms with Crippen LogP contribution in [0.15, 0.2) is 0 Å². The zero-order chi connectivity index (χ0) is 9.56. The van der Waals surface area contributed by atoms with E-state index in [2.05, 4.69) is 0 Å². The lowest BCUT2D eigenvalue weighted by molar-refractivity contribution is -0.119. The van der Waals surface area contributed by atoms with Crippen molar-refractivity contribution in [2.75, 3.05) is 12.0 Å². The molecule has 3 nitrogen and oxygen atoms in total. The summed E-state index contributed by atoms with van der Waals surface area (Å²) in [6.45, 7) is 1.26. The number of hydrogen-bond donors (Lipinski definition) is 1. The van der Waals surface area contributed by atoms with Gasteiger partial charge in [-0.2, -0.15) is 11.8 Å². The van der Waals surface area contributed by atoms with Crippen LogP contribution < -0.4 is 5.31 Å². The van der Waals surface area contributed by atoms with E-state index in [9.17, 15) is 9.59 Å². The molecule has 0 aliphatic carbocycles. The molecule has 0 bridgehead atoms. The molecule has 0 aliphatic rings. The largest absolute Gasteiger partial charge is 0.346 e. The summed E-state index contributed by atoms with van der Waals surface area (Å²) in [6, 6.07) is -0.713. The Hall–Kier alpha value is -0.510. The third kappa shape index (κ3) is 5.91. The molecule has 0 saturated carbocycles. The van der Waals surface area contributed by atoms with Crippen LogP contribution in [0.3, 0.4) is 0 Å². The standard InChI is InChI=1S/C7H12NO2S/c1-6(10)8-7(5-9)3-4-11-2/h7H,3-4H2,1-2H3,(H,8,10)/i/hD. The third-order valence-corrected chi connectivity index (χ3v) is 1.71. The number of carbonyl (C=O) groups is 1. The predicted octanol–water partition coefficient (Wildman–Crippen LogP) is 0.354. The van der Waals surface area contributed by atoms with Crippen molar-refractivity contribution in [1.29, 1.82) is 0 Å². The number of carbonyl (C=O) groups excluding carboxylic acids is 2. The van der Waals surface area contributed by atoms with Gasteiger partial charge < -0.3 is 5.31 Å². The minimum Gasteiger partial charge on any atom is -0.346 e. The average molecular weight is 175 g/mol. The fraction of sp³-hybridized carbons (Fsp3) is 0.714. The number of thioether (sulfide) groups is 1. The highest BCUT2D eigenvalue weighted by Gasteiger charge is 2.07. The Kier molecular flexibility index (Phi) is 4.85. The number of nitrogens with one attached hydrogen (secondary N) is 1. The van der Waals surface area contributed by atoms with Crippen molar-refractivity contribution < 1.29 is 11.0 Å². The Bertz CT molecular complexity index is 165.